The summed E-state index contributed by atoms with van der Waals surface area (Å²) in [5.74, 6) is 1.15. The number of rotatable bonds is 7. The summed E-state index contributed by atoms with van der Waals surface area (Å²) < 4.78 is 6.04. The third kappa shape index (κ3) is 4.72. The number of ketones is 1. The van der Waals surface area contributed by atoms with E-state index in [9.17, 15) is 9.59 Å². The summed E-state index contributed by atoms with van der Waals surface area (Å²) in [7, 11) is 1.62. The summed E-state index contributed by atoms with van der Waals surface area (Å²) in [6.07, 6.45) is 0.434. The summed E-state index contributed by atoms with van der Waals surface area (Å²) in [6.45, 7) is 1.84. The zero-order chi connectivity index (χ0) is 20.1. The van der Waals surface area contributed by atoms with Gasteiger partial charge in [0.25, 0.3) is 5.56 Å². The van der Waals surface area contributed by atoms with Crippen LogP contribution in [0.15, 0.2) is 63.0 Å². The van der Waals surface area contributed by atoms with Crippen LogP contribution in [0, 0.1) is 0 Å². The Hall–Kier alpha value is -2.38. The number of aromatic nitrogens is 2. The minimum absolute atomic E-state index is 0.214. The number of aromatic amines is 1. The van der Waals surface area contributed by atoms with Gasteiger partial charge in [-0.05, 0) is 48.4 Å². The van der Waals surface area contributed by atoms with Crippen molar-refractivity contribution in [1.29, 1.82) is 0 Å². The molecule has 2 aromatic carbocycles. The number of benzene rings is 2. The summed E-state index contributed by atoms with van der Waals surface area (Å²) in [5, 5.41) is 0.429. The zero-order valence-electron chi connectivity index (χ0n) is 15.5. The standard InChI is InChI=1S/C21H19BrN2O3S/c1-3-17-18(19(25)14-6-8-15(22)9-7-14)23-21(24-20(17)26)28-12-13-4-10-16(27-2)11-5-13/h4-11H,3,12H2,1-2H3,(H,23,24,26). The molecule has 1 N–H and O–H groups in total. The number of methoxy groups -OCH3 is 1. The van der Waals surface area contributed by atoms with E-state index in [0.717, 1.165) is 15.8 Å². The summed E-state index contributed by atoms with van der Waals surface area (Å²) in [4.78, 5) is 32.7. The fourth-order valence-corrected chi connectivity index (χ4v) is 3.75. The lowest BCUT2D eigenvalue weighted by molar-refractivity contribution is 0.103. The van der Waals surface area contributed by atoms with Gasteiger partial charge in [0.1, 0.15) is 11.4 Å². The molecular weight excluding hydrogens is 440 g/mol. The Bertz CT molecular complexity index is 1030. The third-order valence-electron chi connectivity index (χ3n) is 4.20. The molecule has 3 rings (SSSR count). The van der Waals surface area contributed by atoms with Crippen LogP contribution in [0.25, 0.3) is 0 Å². The highest BCUT2D eigenvalue weighted by Crippen LogP contribution is 2.22. The van der Waals surface area contributed by atoms with Crippen molar-refractivity contribution >= 4 is 33.5 Å². The average molecular weight is 459 g/mol. The fraction of sp³-hybridized carbons (Fsp3) is 0.190. The second-order valence-corrected chi connectivity index (χ2v) is 7.90. The molecule has 0 unspecified atom stereocenters. The topological polar surface area (TPSA) is 72.0 Å². The molecule has 28 heavy (non-hydrogen) atoms. The van der Waals surface area contributed by atoms with Crippen LogP contribution < -0.4 is 10.3 Å². The highest BCUT2D eigenvalue weighted by Gasteiger charge is 2.19. The van der Waals surface area contributed by atoms with E-state index >= 15 is 0 Å². The van der Waals surface area contributed by atoms with Crippen molar-refractivity contribution in [2.45, 2.75) is 24.3 Å². The van der Waals surface area contributed by atoms with Crippen LogP contribution in [-0.4, -0.2) is 22.9 Å². The van der Waals surface area contributed by atoms with E-state index in [1.807, 2.05) is 31.2 Å². The van der Waals surface area contributed by atoms with Crippen LogP contribution in [0.4, 0.5) is 0 Å². The normalized spacial score (nSPS) is 10.7. The molecule has 0 amide bonds. The van der Waals surface area contributed by atoms with Crippen LogP contribution in [0.1, 0.15) is 34.1 Å². The van der Waals surface area contributed by atoms with E-state index in [-0.39, 0.29) is 17.0 Å². The summed E-state index contributed by atoms with van der Waals surface area (Å²) >= 11 is 4.74. The number of ether oxygens (including phenoxy) is 1. The van der Waals surface area contributed by atoms with Gasteiger partial charge in [0.05, 0.1) is 7.11 Å². The minimum Gasteiger partial charge on any atom is -0.497 e. The lowest BCUT2D eigenvalue weighted by atomic mass is 10.0. The molecule has 144 valence electrons. The minimum atomic E-state index is -0.268. The van der Waals surface area contributed by atoms with Gasteiger partial charge in [-0.25, -0.2) is 4.98 Å². The van der Waals surface area contributed by atoms with Gasteiger partial charge in [0.2, 0.25) is 5.78 Å². The Kier molecular flexibility index (Phi) is 6.70. The number of hydrogen-bond donors (Lipinski definition) is 1. The first-order valence-corrected chi connectivity index (χ1v) is 10.5. The van der Waals surface area contributed by atoms with Gasteiger partial charge >= 0.3 is 0 Å². The molecule has 5 nitrogen and oxygen atoms in total. The lowest BCUT2D eigenvalue weighted by Gasteiger charge is -2.09. The Morgan fingerprint density at radius 2 is 1.82 bits per heavy atom. The van der Waals surface area contributed by atoms with Gasteiger partial charge in [0.15, 0.2) is 5.16 Å². The summed E-state index contributed by atoms with van der Waals surface area (Å²) in [5.41, 5.74) is 1.92. The predicted octanol–water partition coefficient (Wildman–Crippen LogP) is 4.63. The van der Waals surface area contributed by atoms with Crippen LogP contribution in [0.2, 0.25) is 0 Å². The molecule has 7 heteroatoms. The van der Waals surface area contributed by atoms with Crippen molar-refractivity contribution in [2.24, 2.45) is 0 Å². The molecule has 0 aliphatic carbocycles. The molecule has 0 saturated heterocycles. The molecule has 0 aliphatic rings. The highest BCUT2D eigenvalue weighted by molar-refractivity contribution is 9.10. The second kappa shape index (κ2) is 9.21. The van der Waals surface area contributed by atoms with Crippen molar-refractivity contribution in [2.75, 3.05) is 7.11 Å². The first-order valence-electron chi connectivity index (χ1n) is 8.71. The number of nitrogens with zero attached hydrogens (tertiary/aromatic N) is 1. The third-order valence-corrected chi connectivity index (χ3v) is 5.68. The molecule has 0 bridgehead atoms. The van der Waals surface area contributed by atoms with Gasteiger partial charge in [-0.3, -0.25) is 9.59 Å². The Morgan fingerprint density at radius 1 is 1.14 bits per heavy atom. The van der Waals surface area contributed by atoms with Crippen LogP contribution >= 0.6 is 27.7 Å². The summed E-state index contributed by atoms with van der Waals surface area (Å²) in [6, 6.07) is 14.7. The Balaban J connectivity index is 1.87. The van der Waals surface area contributed by atoms with Gasteiger partial charge in [-0.2, -0.15) is 0 Å². The van der Waals surface area contributed by atoms with Gasteiger partial charge in [0, 0.05) is 21.4 Å². The van der Waals surface area contributed by atoms with Crippen LogP contribution in [0.3, 0.4) is 0 Å². The maximum Gasteiger partial charge on any atom is 0.255 e. The quantitative estimate of drug-likeness (QED) is 0.317. The van der Waals surface area contributed by atoms with E-state index < -0.39 is 0 Å². The maximum atomic E-state index is 12.9. The zero-order valence-corrected chi connectivity index (χ0v) is 17.9. The van der Waals surface area contributed by atoms with Crippen molar-refractivity contribution in [3.8, 4) is 5.75 Å². The smallest absolute Gasteiger partial charge is 0.255 e. The van der Waals surface area contributed by atoms with Crippen molar-refractivity contribution < 1.29 is 9.53 Å². The molecule has 0 aliphatic heterocycles. The molecule has 0 atom stereocenters. The predicted molar refractivity (Wildman–Crippen MR) is 114 cm³/mol. The van der Waals surface area contributed by atoms with Crippen molar-refractivity contribution in [3.05, 3.63) is 85.7 Å². The number of H-pyrrole nitrogens is 1. The Morgan fingerprint density at radius 3 is 2.43 bits per heavy atom. The monoisotopic (exact) mass is 458 g/mol. The molecule has 0 radical (unpaired) electrons. The number of carbonyl (C=O) groups is 1. The fourth-order valence-electron chi connectivity index (χ4n) is 2.67. The number of hydrogen-bond acceptors (Lipinski definition) is 5. The molecule has 1 heterocycles. The number of nitrogens with one attached hydrogen (secondary N) is 1. The molecule has 1 aromatic heterocycles. The van der Waals surface area contributed by atoms with E-state index in [0.29, 0.717) is 28.5 Å². The van der Waals surface area contributed by atoms with Gasteiger partial charge < -0.3 is 9.72 Å². The SMILES string of the molecule is CCc1c(C(=O)c2ccc(Br)cc2)nc(SCc2ccc(OC)cc2)[nH]c1=O. The second-order valence-electron chi connectivity index (χ2n) is 6.02. The van der Waals surface area contributed by atoms with Gasteiger partial charge in [-0.15, -0.1) is 0 Å². The first kappa shape index (κ1) is 20.4. The number of thioether (sulfide) groups is 1. The molecule has 0 fully saturated rings. The average Bonchev–Trinajstić information content (AvgIpc) is 2.72. The molecule has 0 spiro atoms. The van der Waals surface area contributed by atoms with E-state index in [1.54, 1.807) is 31.4 Å². The largest absolute Gasteiger partial charge is 0.497 e. The molecule has 0 saturated carbocycles. The van der Waals surface area contributed by atoms with Crippen LogP contribution in [0.5, 0.6) is 5.75 Å². The van der Waals surface area contributed by atoms with Gasteiger partial charge in [-0.1, -0.05) is 46.7 Å². The lowest BCUT2D eigenvalue weighted by Crippen LogP contribution is -2.21. The number of carbonyl (C=O) groups excluding carboxylic acids is 1. The van der Waals surface area contributed by atoms with E-state index in [4.69, 9.17) is 4.74 Å². The molecule has 3 aromatic rings. The number of halogens is 1. The first-order chi connectivity index (χ1) is 13.5. The highest BCUT2D eigenvalue weighted by atomic mass is 79.9. The molecular formula is C21H19BrN2O3S. The maximum absolute atomic E-state index is 12.9. The van der Waals surface area contributed by atoms with Crippen molar-refractivity contribution in [1.82, 2.24) is 9.97 Å². The van der Waals surface area contributed by atoms with Crippen molar-refractivity contribution in [3.63, 3.8) is 0 Å². The van der Waals surface area contributed by atoms with Crippen LogP contribution in [-0.2, 0) is 12.2 Å². The Labute approximate surface area is 175 Å². The van der Waals surface area contributed by atoms with E-state index in [2.05, 4.69) is 25.9 Å². The van der Waals surface area contributed by atoms with E-state index in [1.165, 1.54) is 11.8 Å².